The van der Waals surface area contributed by atoms with Crippen LogP contribution in [0.15, 0.2) is 24.3 Å². The van der Waals surface area contributed by atoms with Gasteiger partial charge < -0.3 is 5.73 Å². The summed E-state index contributed by atoms with van der Waals surface area (Å²) in [5, 5.41) is 0. The van der Waals surface area contributed by atoms with Crippen LogP contribution in [0.25, 0.3) is 0 Å². The van der Waals surface area contributed by atoms with Gasteiger partial charge in [-0.2, -0.15) is 13.2 Å². The minimum absolute atomic E-state index is 0.179. The summed E-state index contributed by atoms with van der Waals surface area (Å²) in [7, 11) is 0. The fourth-order valence-electron chi connectivity index (χ4n) is 2.25. The van der Waals surface area contributed by atoms with Gasteiger partial charge in [-0.25, -0.2) is 4.39 Å². The third-order valence-electron chi connectivity index (χ3n) is 3.23. The Morgan fingerprint density at radius 2 is 1.76 bits per heavy atom. The molecule has 1 aliphatic rings. The number of halogens is 4. The van der Waals surface area contributed by atoms with Crippen LogP contribution in [0.4, 0.5) is 17.6 Å². The fraction of sp³-hybridized carbons (Fsp3) is 0.500. The molecule has 1 aliphatic carbocycles. The zero-order valence-electron chi connectivity index (χ0n) is 9.10. The molecule has 1 nitrogen and oxygen atoms in total. The molecule has 0 radical (unpaired) electrons. The van der Waals surface area contributed by atoms with Crippen molar-refractivity contribution in [2.24, 2.45) is 5.73 Å². The summed E-state index contributed by atoms with van der Waals surface area (Å²) in [6, 6.07) is 4.05. The largest absolute Gasteiger partial charge is 0.416 e. The number of nitrogens with two attached hydrogens (primary N) is 1. The van der Waals surface area contributed by atoms with E-state index in [0.717, 1.165) is 12.1 Å². The Bertz CT molecular complexity index is 398. The second-order valence-corrected chi connectivity index (χ2v) is 4.54. The predicted octanol–water partition coefficient (Wildman–Crippen LogP) is 3.38. The highest BCUT2D eigenvalue weighted by molar-refractivity contribution is 5.30. The molecule has 2 unspecified atom stereocenters. The Morgan fingerprint density at radius 1 is 1.18 bits per heavy atom. The van der Waals surface area contributed by atoms with Crippen LogP contribution in [-0.2, 0) is 11.8 Å². The predicted molar refractivity (Wildman–Crippen MR) is 56.1 cm³/mol. The van der Waals surface area contributed by atoms with E-state index in [0.29, 0.717) is 12.0 Å². The van der Waals surface area contributed by atoms with Crippen LogP contribution in [0.1, 0.15) is 30.4 Å². The maximum absolute atomic E-state index is 14.4. The number of hydrogen-bond acceptors (Lipinski definition) is 1. The van der Waals surface area contributed by atoms with Gasteiger partial charge in [-0.05, 0) is 30.5 Å². The van der Waals surface area contributed by atoms with E-state index in [1.165, 1.54) is 12.1 Å². The molecule has 2 rings (SSSR count). The molecule has 17 heavy (non-hydrogen) atoms. The summed E-state index contributed by atoms with van der Waals surface area (Å²) < 4.78 is 51.4. The molecule has 0 spiro atoms. The second kappa shape index (κ2) is 3.98. The molecule has 2 N–H and O–H groups in total. The van der Waals surface area contributed by atoms with Gasteiger partial charge in [0.2, 0.25) is 0 Å². The molecule has 1 aromatic rings. The lowest BCUT2D eigenvalue weighted by Gasteiger charge is -2.20. The molecule has 0 aliphatic heterocycles. The number of alkyl halides is 4. The SMILES string of the molecule is NC1CCC(F)(c2ccc(C(F)(F)F)cc2)C1. The van der Waals surface area contributed by atoms with E-state index in [-0.39, 0.29) is 18.9 Å². The monoisotopic (exact) mass is 247 g/mol. The maximum Gasteiger partial charge on any atom is 0.416 e. The lowest BCUT2D eigenvalue weighted by atomic mass is 9.93. The van der Waals surface area contributed by atoms with Crippen molar-refractivity contribution >= 4 is 0 Å². The van der Waals surface area contributed by atoms with Gasteiger partial charge in [0, 0.05) is 12.5 Å². The molecule has 1 fully saturated rings. The van der Waals surface area contributed by atoms with Crippen LogP contribution in [0.5, 0.6) is 0 Å². The molecule has 0 saturated heterocycles. The van der Waals surface area contributed by atoms with Gasteiger partial charge in [0.25, 0.3) is 0 Å². The van der Waals surface area contributed by atoms with E-state index in [1.807, 2.05) is 0 Å². The number of rotatable bonds is 1. The van der Waals surface area contributed by atoms with Gasteiger partial charge in [0.05, 0.1) is 5.56 Å². The number of hydrogen-bond donors (Lipinski definition) is 1. The molecular formula is C12H13F4N. The quantitative estimate of drug-likeness (QED) is 0.756. The summed E-state index contributed by atoms with van der Waals surface area (Å²) in [4.78, 5) is 0. The summed E-state index contributed by atoms with van der Waals surface area (Å²) in [6.45, 7) is 0. The first kappa shape index (κ1) is 12.4. The standard InChI is InChI=1S/C12H13F4N/c13-11(6-5-10(17)7-11)8-1-3-9(4-2-8)12(14,15)16/h1-4,10H,5-7,17H2. The van der Waals surface area contributed by atoms with E-state index >= 15 is 0 Å². The Morgan fingerprint density at radius 3 is 2.18 bits per heavy atom. The number of benzene rings is 1. The Kier molecular flexibility index (Phi) is 2.89. The molecule has 2 atom stereocenters. The highest BCUT2D eigenvalue weighted by Gasteiger charge is 2.40. The van der Waals surface area contributed by atoms with Crippen LogP contribution in [-0.4, -0.2) is 6.04 Å². The van der Waals surface area contributed by atoms with Gasteiger partial charge in [0.1, 0.15) is 5.67 Å². The third kappa shape index (κ3) is 2.44. The van der Waals surface area contributed by atoms with Crippen molar-refractivity contribution in [3.63, 3.8) is 0 Å². The fourth-order valence-corrected chi connectivity index (χ4v) is 2.25. The first-order valence-electron chi connectivity index (χ1n) is 5.43. The minimum Gasteiger partial charge on any atom is -0.328 e. The van der Waals surface area contributed by atoms with E-state index in [4.69, 9.17) is 5.73 Å². The highest BCUT2D eigenvalue weighted by Crippen LogP contribution is 2.42. The molecule has 94 valence electrons. The molecule has 1 aromatic carbocycles. The van der Waals surface area contributed by atoms with Crippen LogP contribution in [0.2, 0.25) is 0 Å². The Labute approximate surface area is 96.6 Å². The van der Waals surface area contributed by atoms with E-state index in [1.54, 1.807) is 0 Å². The molecular weight excluding hydrogens is 234 g/mol. The van der Waals surface area contributed by atoms with Crippen molar-refractivity contribution in [1.29, 1.82) is 0 Å². The average Bonchev–Trinajstić information content (AvgIpc) is 2.59. The zero-order valence-corrected chi connectivity index (χ0v) is 9.10. The van der Waals surface area contributed by atoms with Gasteiger partial charge in [-0.3, -0.25) is 0 Å². The van der Waals surface area contributed by atoms with Crippen LogP contribution >= 0.6 is 0 Å². The summed E-state index contributed by atoms with van der Waals surface area (Å²) in [5.74, 6) is 0. The molecule has 0 amide bonds. The molecule has 0 bridgehead atoms. The maximum atomic E-state index is 14.4. The van der Waals surface area contributed by atoms with E-state index in [9.17, 15) is 17.6 Å². The molecule has 5 heteroatoms. The van der Waals surface area contributed by atoms with Crippen LogP contribution in [0, 0.1) is 0 Å². The molecule has 0 heterocycles. The molecule has 0 aromatic heterocycles. The van der Waals surface area contributed by atoms with Crippen molar-refractivity contribution in [3.8, 4) is 0 Å². The van der Waals surface area contributed by atoms with Crippen molar-refractivity contribution < 1.29 is 17.6 Å². The highest BCUT2D eigenvalue weighted by atomic mass is 19.4. The minimum atomic E-state index is -4.38. The first-order chi connectivity index (χ1) is 7.81. The van der Waals surface area contributed by atoms with Gasteiger partial charge >= 0.3 is 6.18 Å². The van der Waals surface area contributed by atoms with Crippen LogP contribution in [0.3, 0.4) is 0 Å². The van der Waals surface area contributed by atoms with Gasteiger partial charge in [0.15, 0.2) is 0 Å². The van der Waals surface area contributed by atoms with E-state index < -0.39 is 17.4 Å². The lowest BCUT2D eigenvalue weighted by Crippen LogP contribution is -2.21. The topological polar surface area (TPSA) is 26.0 Å². The lowest BCUT2D eigenvalue weighted by molar-refractivity contribution is -0.137. The summed E-state index contributed by atoms with van der Waals surface area (Å²) >= 11 is 0. The smallest absolute Gasteiger partial charge is 0.328 e. The van der Waals surface area contributed by atoms with E-state index in [2.05, 4.69) is 0 Å². The molecule has 1 saturated carbocycles. The first-order valence-corrected chi connectivity index (χ1v) is 5.43. The third-order valence-corrected chi connectivity index (χ3v) is 3.23. The van der Waals surface area contributed by atoms with Gasteiger partial charge in [-0.15, -0.1) is 0 Å². The summed E-state index contributed by atoms with van der Waals surface area (Å²) in [6.07, 6.45) is -3.36. The van der Waals surface area contributed by atoms with Crippen molar-refractivity contribution in [3.05, 3.63) is 35.4 Å². The van der Waals surface area contributed by atoms with Crippen molar-refractivity contribution in [2.75, 3.05) is 0 Å². The normalized spacial score (nSPS) is 29.6. The summed E-state index contributed by atoms with van der Waals surface area (Å²) in [5.41, 5.74) is 3.59. The van der Waals surface area contributed by atoms with Crippen LogP contribution < -0.4 is 5.73 Å². The average molecular weight is 247 g/mol. The van der Waals surface area contributed by atoms with Crippen molar-refractivity contribution in [2.45, 2.75) is 37.1 Å². The Hall–Kier alpha value is -1.10. The van der Waals surface area contributed by atoms with Gasteiger partial charge in [-0.1, -0.05) is 12.1 Å². The Balaban J connectivity index is 2.24. The zero-order chi connectivity index (χ0) is 12.7. The second-order valence-electron chi connectivity index (χ2n) is 4.54. The van der Waals surface area contributed by atoms with Crippen molar-refractivity contribution in [1.82, 2.24) is 0 Å².